The number of terminal acetylenes is 1. The molecule has 1 heterocycles. The summed E-state index contributed by atoms with van der Waals surface area (Å²) in [5, 5.41) is 0. The van der Waals surface area contributed by atoms with E-state index in [1.165, 1.54) is 12.1 Å². The molecular formula is C20H24N2O6S. The Kier molecular flexibility index (Phi) is 6.82. The SMILES string of the molecule is C#CCN(CCC(=O)OC(C)(C)C)S(=O)(=O)CCN1C(=O)c2ccccc2C1=O. The predicted molar refractivity (Wildman–Crippen MR) is 106 cm³/mol. The maximum Gasteiger partial charge on any atom is 0.307 e. The Labute approximate surface area is 170 Å². The fourth-order valence-electron chi connectivity index (χ4n) is 2.80. The van der Waals surface area contributed by atoms with E-state index in [-0.39, 0.29) is 37.2 Å². The number of imide groups is 1. The molecular weight excluding hydrogens is 396 g/mol. The third-order valence-electron chi connectivity index (χ3n) is 4.10. The molecule has 0 aliphatic carbocycles. The van der Waals surface area contributed by atoms with Crippen molar-refractivity contribution in [3.63, 3.8) is 0 Å². The zero-order chi connectivity index (χ0) is 21.8. The summed E-state index contributed by atoms with van der Waals surface area (Å²) < 4.78 is 31.5. The fraction of sp³-hybridized carbons (Fsp3) is 0.450. The van der Waals surface area contributed by atoms with Crippen molar-refractivity contribution in [2.45, 2.75) is 32.8 Å². The van der Waals surface area contributed by atoms with E-state index in [1.807, 2.05) is 0 Å². The Morgan fingerprint density at radius 2 is 1.72 bits per heavy atom. The van der Waals surface area contributed by atoms with Crippen molar-refractivity contribution in [1.82, 2.24) is 9.21 Å². The van der Waals surface area contributed by atoms with E-state index in [0.29, 0.717) is 0 Å². The van der Waals surface area contributed by atoms with Gasteiger partial charge in [0.1, 0.15) is 5.60 Å². The normalized spacial score (nSPS) is 14.1. The third-order valence-corrected chi connectivity index (χ3v) is 5.89. The van der Waals surface area contributed by atoms with Crippen LogP contribution in [0.25, 0.3) is 0 Å². The summed E-state index contributed by atoms with van der Waals surface area (Å²) in [6.45, 7) is 4.45. The lowest BCUT2D eigenvalue weighted by Crippen LogP contribution is -2.41. The van der Waals surface area contributed by atoms with Crippen LogP contribution in [0.3, 0.4) is 0 Å². The van der Waals surface area contributed by atoms with Gasteiger partial charge in [-0.2, -0.15) is 4.31 Å². The molecule has 156 valence electrons. The lowest BCUT2D eigenvalue weighted by Gasteiger charge is -2.23. The van der Waals surface area contributed by atoms with E-state index >= 15 is 0 Å². The first kappa shape index (κ1) is 22.6. The van der Waals surface area contributed by atoms with Crippen molar-refractivity contribution in [3.8, 4) is 12.3 Å². The van der Waals surface area contributed by atoms with Gasteiger partial charge in [-0.3, -0.25) is 19.3 Å². The van der Waals surface area contributed by atoms with Gasteiger partial charge in [-0.05, 0) is 32.9 Å². The van der Waals surface area contributed by atoms with Crippen LogP contribution in [0.4, 0.5) is 0 Å². The monoisotopic (exact) mass is 420 g/mol. The van der Waals surface area contributed by atoms with Crippen LogP contribution in [-0.4, -0.2) is 66.4 Å². The van der Waals surface area contributed by atoms with Gasteiger partial charge in [0.25, 0.3) is 11.8 Å². The van der Waals surface area contributed by atoms with Gasteiger partial charge < -0.3 is 4.74 Å². The average Bonchev–Trinajstić information content (AvgIpc) is 2.86. The number of nitrogens with zero attached hydrogens (tertiary/aromatic N) is 2. The molecule has 29 heavy (non-hydrogen) atoms. The Bertz CT molecular complexity index is 921. The van der Waals surface area contributed by atoms with Crippen LogP contribution < -0.4 is 0 Å². The Hall–Kier alpha value is -2.70. The first-order valence-corrected chi connectivity index (χ1v) is 10.7. The van der Waals surface area contributed by atoms with Gasteiger partial charge in [-0.25, -0.2) is 8.42 Å². The maximum atomic E-state index is 12.7. The van der Waals surface area contributed by atoms with Crippen LogP contribution in [0.5, 0.6) is 0 Å². The highest BCUT2D eigenvalue weighted by atomic mass is 32.2. The topological polar surface area (TPSA) is 101 Å². The molecule has 0 saturated heterocycles. The summed E-state index contributed by atoms with van der Waals surface area (Å²) in [6, 6.07) is 6.32. The van der Waals surface area contributed by atoms with Crippen LogP contribution in [0, 0.1) is 12.3 Å². The first-order chi connectivity index (χ1) is 13.5. The largest absolute Gasteiger partial charge is 0.460 e. The van der Waals surface area contributed by atoms with Crippen LogP contribution in [0.1, 0.15) is 47.9 Å². The van der Waals surface area contributed by atoms with Crippen molar-refractivity contribution < 1.29 is 27.5 Å². The Morgan fingerprint density at radius 3 is 2.21 bits per heavy atom. The molecule has 2 amide bonds. The summed E-state index contributed by atoms with van der Waals surface area (Å²) in [6.07, 6.45) is 5.10. The second-order valence-electron chi connectivity index (χ2n) is 7.50. The molecule has 0 radical (unpaired) electrons. The molecule has 0 atom stereocenters. The van der Waals surface area contributed by atoms with Crippen LogP contribution in [-0.2, 0) is 19.6 Å². The maximum absolute atomic E-state index is 12.7. The van der Waals surface area contributed by atoms with E-state index < -0.39 is 39.2 Å². The van der Waals surface area contributed by atoms with Crippen molar-refractivity contribution in [1.29, 1.82) is 0 Å². The number of fused-ring (bicyclic) bond motifs is 1. The minimum Gasteiger partial charge on any atom is -0.460 e. The van der Waals surface area contributed by atoms with Crippen LogP contribution >= 0.6 is 0 Å². The summed E-state index contributed by atoms with van der Waals surface area (Å²) in [5.41, 5.74) is -0.182. The van der Waals surface area contributed by atoms with Gasteiger partial charge in [-0.1, -0.05) is 18.1 Å². The molecule has 0 saturated carbocycles. The summed E-state index contributed by atoms with van der Waals surface area (Å²) in [7, 11) is -3.91. The molecule has 2 rings (SSSR count). The van der Waals surface area contributed by atoms with E-state index in [2.05, 4.69) is 5.92 Å². The van der Waals surface area contributed by atoms with Gasteiger partial charge in [0.05, 0.1) is 29.8 Å². The van der Waals surface area contributed by atoms with Gasteiger partial charge in [0, 0.05) is 13.1 Å². The smallest absolute Gasteiger partial charge is 0.307 e. The number of carbonyl (C=O) groups excluding carboxylic acids is 3. The van der Waals surface area contributed by atoms with E-state index in [4.69, 9.17) is 11.2 Å². The molecule has 0 spiro atoms. The molecule has 0 fully saturated rings. The molecule has 1 aliphatic heterocycles. The number of carbonyl (C=O) groups is 3. The average molecular weight is 420 g/mol. The molecule has 9 heteroatoms. The Morgan fingerprint density at radius 1 is 1.17 bits per heavy atom. The van der Waals surface area contributed by atoms with Crippen molar-refractivity contribution in [2.75, 3.05) is 25.4 Å². The second-order valence-corrected chi connectivity index (χ2v) is 9.59. The van der Waals surface area contributed by atoms with Crippen molar-refractivity contribution in [2.24, 2.45) is 0 Å². The number of amides is 2. The molecule has 0 unspecified atom stereocenters. The molecule has 0 bridgehead atoms. The number of rotatable bonds is 8. The lowest BCUT2D eigenvalue weighted by atomic mass is 10.1. The van der Waals surface area contributed by atoms with Gasteiger partial charge in [0.2, 0.25) is 10.0 Å². The highest BCUT2D eigenvalue weighted by Crippen LogP contribution is 2.22. The fourth-order valence-corrected chi connectivity index (χ4v) is 4.12. The van der Waals surface area contributed by atoms with E-state index in [1.54, 1.807) is 32.9 Å². The molecule has 8 nitrogen and oxygen atoms in total. The lowest BCUT2D eigenvalue weighted by molar-refractivity contribution is -0.154. The molecule has 0 N–H and O–H groups in total. The summed E-state index contributed by atoms with van der Waals surface area (Å²) >= 11 is 0. The zero-order valence-corrected chi connectivity index (χ0v) is 17.5. The van der Waals surface area contributed by atoms with E-state index in [9.17, 15) is 22.8 Å². The highest BCUT2D eigenvalue weighted by molar-refractivity contribution is 7.89. The van der Waals surface area contributed by atoms with Crippen molar-refractivity contribution >= 4 is 27.8 Å². The number of hydrogen-bond donors (Lipinski definition) is 0. The summed E-state index contributed by atoms with van der Waals surface area (Å²) in [4.78, 5) is 37.5. The van der Waals surface area contributed by atoms with Crippen molar-refractivity contribution in [3.05, 3.63) is 35.4 Å². The quantitative estimate of drug-likeness (QED) is 0.357. The second kappa shape index (κ2) is 8.76. The first-order valence-electron chi connectivity index (χ1n) is 9.04. The minimum absolute atomic E-state index is 0.149. The number of benzene rings is 1. The highest BCUT2D eigenvalue weighted by Gasteiger charge is 2.36. The van der Waals surface area contributed by atoms with Gasteiger partial charge in [-0.15, -0.1) is 6.42 Å². The molecule has 1 aromatic rings. The molecule has 1 aromatic carbocycles. The Balaban J connectivity index is 2.02. The number of esters is 1. The standard InChI is InChI=1S/C20H24N2O6S/c1-5-11-21(12-10-17(23)28-20(2,3)4)29(26,27)14-13-22-18(24)15-8-6-7-9-16(15)19(22)25/h1,6-9H,10-14H2,2-4H3. The number of hydrogen-bond acceptors (Lipinski definition) is 6. The third kappa shape index (κ3) is 5.65. The zero-order valence-electron chi connectivity index (χ0n) is 16.7. The van der Waals surface area contributed by atoms with E-state index in [0.717, 1.165) is 9.21 Å². The molecule has 1 aliphatic rings. The van der Waals surface area contributed by atoms with Crippen LogP contribution in [0.2, 0.25) is 0 Å². The number of ether oxygens (including phenoxy) is 1. The number of sulfonamides is 1. The van der Waals surface area contributed by atoms with Gasteiger partial charge in [0.15, 0.2) is 0 Å². The van der Waals surface area contributed by atoms with Crippen LogP contribution in [0.15, 0.2) is 24.3 Å². The minimum atomic E-state index is -3.91. The molecule has 0 aromatic heterocycles. The summed E-state index contributed by atoms with van der Waals surface area (Å²) in [5.74, 6) is 0.156. The van der Waals surface area contributed by atoms with Gasteiger partial charge >= 0.3 is 5.97 Å². The predicted octanol–water partition coefficient (Wildman–Crippen LogP) is 1.28.